The molecule has 1 N–H and O–H groups in total. The van der Waals surface area contributed by atoms with Crippen LogP contribution in [0.25, 0.3) is 0 Å². The fraction of sp³-hybridized carbons (Fsp3) is 1.00. The molecule has 1 aliphatic rings. The van der Waals surface area contributed by atoms with E-state index < -0.39 is 0 Å². The largest absolute Gasteiger partial charge is 0.312 e. The topological polar surface area (TPSA) is 15.3 Å². The van der Waals surface area contributed by atoms with Crippen LogP contribution in [-0.2, 0) is 0 Å². The molecule has 1 rings (SSSR count). The highest BCUT2D eigenvalue weighted by molar-refractivity contribution is 4.80. The van der Waals surface area contributed by atoms with Crippen molar-refractivity contribution in [1.29, 1.82) is 0 Å². The second kappa shape index (κ2) is 5.72. The number of rotatable bonds is 5. The first kappa shape index (κ1) is 12.0. The van der Waals surface area contributed by atoms with Crippen LogP contribution >= 0.6 is 0 Å². The molecule has 2 nitrogen and oxygen atoms in total. The Morgan fingerprint density at radius 1 is 1.43 bits per heavy atom. The number of hydrogen-bond donors (Lipinski definition) is 1. The molecular formula is C12H26N2. The third-order valence-electron chi connectivity index (χ3n) is 3.84. The van der Waals surface area contributed by atoms with Crippen molar-refractivity contribution < 1.29 is 0 Å². The highest BCUT2D eigenvalue weighted by Gasteiger charge is 2.21. The van der Waals surface area contributed by atoms with Gasteiger partial charge in [-0.2, -0.15) is 0 Å². The summed E-state index contributed by atoms with van der Waals surface area (Å²) in [7, 11) is 2.24. The van der Waals surface area contributed by atoms with Crippen molar-refractivity contribution in [3.63, 3.8) is 0 Å². The van der Waals surface area contributed by atoms with E-state index in [1.54, 1.807) is 0 Å². The fourth-order valence-electron chi connectivity index (χ4n) is 2.11. The summed E-state index contributed by atoms with van der Waals surface area (Å²) < 4.78 is 0. The van der Waals surface area contributed by atoms with Crippen molar-refractivity contribution in [2.45, 2.75) is 52.1 Å². The number of nitrogens with zero attached hydrogens (tertiary/aromatic N) is 1. The predicted molar refractivity (Wildman–Crippen MR) is 62.6 cm³/mol. The molecule has 1 heterocycles. The van der Waals surface area contributed by atoms with Crippen molar-refractivity contribution >= 4 is 0 Å². The number of likely N-dealkylation sites (N-methyl/N-ethyl adjacent to an activating group) is 1. The lowest BCUT2D eigenvalue weighted by molar-refractivity contribution is 0.278. The van der Waals surface area contributed by atoms with Gasteiger partial charge in [-0.05, 0) is 39.3 Å². The van der Waals surface area contributed by atoms with Crippen molar-refractivity contribution in [3.05, 3.63) is 0 Å². The Morgan fingerprint density at radius 3 is 2.64 bits per heavy atom. The zero-order valence-corrected chi connectivity index (χ0v) is 10.2. The molecule has 3 atom stereocenters. The first-order chi connectivity index (χ1) is 6.65. The Morgan fingerprint density at radius 2 is 2.14 bits per heavy atom. The summed E-state index contributed by atoms with van der Waals surface area (Å²) in [5.74, 6) is 0.793. The molecule has 1 fully saturated rings. The van der Waals surface area contributed by atoms with Gasteiger partial charge < -0.3 is 10.2 Å². The lowest BCUT2D eigenvalue weighted by atomic mass is 10.0. The fourth-order valence-corrected chi connectivity index (χ4v) is 2.11. The SMILES string of the molecule is CCC(C)C(C)NCC1CCCN1C. The molecule has 2 heteroatoms. The van der Waals surface area contributed by atoms with Gasteiger partial charge in [0, 0.05) is 18.6 Å². The van der Waals surface area contributed by atoms with Crippen LogP contribution in [0.15, 0.2) is 0 Å². The Bertz CT molecular complexity index is 158. The molecule has 0 bridgehead atoms. The van der Waals surface area contributed by atoms with E-state index in [0.29, 0.717) is 6.04 Å². The molecule has 1 saturated heterocycles. The second-order valence-corrected chi connectivity index (χ2v) is 4.86. The molecule has 0 amide bonds. The quantitative estimate of drug-likeness (QED) is 0.728. The summed E-state index contributed by atoms with van der Waals surface area (Å²) in [6.45, 7) is 9.36. The van der Waals surface area contributed by atoms with Crippen LogP contribution in [0.5, 0.6) is 0 Å². The van der Waals surface area contributed by atoms with Gasteiger partial charge in [-0.25, -0.2) is 0 Å². The minimum Gasteiger partial charge on any atom is -0.312 e. The van der Waals surface area contributed by atoms with Crippen molar-refractivity contribution in [2.24, 2.45) is 5.92 Å². The smallest absolute Gasteiger partial charge is 0.0218 e. The first-order valence-corrected chi connectivity index (χ1v) is 6.08. The molecule has 0 radical (unpaired) electrons. The van der Waals surface area contributed by atoms with Gasteiger partial charge in [-0.3, -0.25) is 0 Å². The van der Waals surface area contributed by atoms with Gasteiger partial charge in [0.2, 0.25) is 0 Å². The Kier molecular flexibility index (Phi) is 4.90. The molecule has 14 heavy (non-hydrogen) atoms. The maximum absolute atomic E-state index is 3.66. The molecule has 0 saturated carbocycles. The normalized spacial score (nSPS) is 27.9. The predicted octanol–water partition coefficient (Wildman–Crippen LogP) is 2.10. The minimum atomic E-state index is 0.661. The lowest BCUT2D eigenvalue weighted by Gasteiger charge is -2.25. The summed E-state index contributed by atoms with van der Waals surface area (Å²) in [5.41, 5.74) is 0. The van der Waals surface area contributed by atoms with E-state index in [2.05, 4.69) is 38.0 Å². The Balaban J connectivity index is 2.19. The molecule has 0 spiro atoms. The van der Waals surface area contributed by atoms with Crippen molar-refractivity contribution in [3.8, 4) is 0 Å². The van der Waals surface area contributed by atoms with E-state index in [-0.39, 0.29) is 0 Å². The van der Waals surface area contributed by atoms with E-state index in [1.807, 2.05) is 0 Å². The highest BCUT2D eigenvalue weighted by atomic mass is 15.2. The summed E-state index contributed by atoms with van der Waals surface area (Å²) in [4.78, 5) is 2.48. The van der Waals surface area contributed by atoms with Gasteiger partial charge in [0.15, 0.2) is 0 Å². The van der Waals surface area contributed by atoms with Gasteiger partial charge in [0.25, 0.3) is 0 Å². The zero-order valence-electron chi connectivity index (χ0n) is 10.2. The van der Waals surface area contributed by atoms with Crippen LogP contribution in [0.3, 0.4) is 0 Å². The summed E-state index contributed by atoms with van der Waals surface area (Å²) >= 11 is 0. The van der Waals surface area contributed by atoms with Gasteiger partial charge in [0.05, 0.1) is 0 Å². The number of likely N-dealkylation sites (tertiary alicyclic amines) is 1. The van der Waals surface area contributed by atoms with E-state index in [4.69, 9.17) is 0 Å². The molecule has 0 aromatic carbocycles. The molecular weight excluding hydrogens is 172 g/mol. The van der Waals surface area contributed by atoms with Crippen LogP contribution in [0.2, 0.25) is 0 Å². The molecule has 0 aromatic rings. The molecule has 3 unspecified atom stereocenters. The van der Waals surface area contributed by atoms with Crippen molar-refractivity contribution in [2.75, 3.05) is 20.1 Å². The highest BCUT2D eigenvalue weighted by Crippen LogP contribution is 2.14. The standard InChI is InChI=1S/C12H26N2/c1-5-10(2)11(3)13-9-12-7-6-8-14(12)4/h10-13H,5-9H2,1-4H3. The Hall–Kier alpha value is -0.0800. The average Bonchev–Trinajstić information content (AvgIpc) is 2.59. The van der Waals surface area contributed by atoms with Gasteiger partial charge in [-0.15, -0.1) is 0 Å². The Labute approximate surface area is 89.1 Å². The van der Waals surface area contributed by atoms with Gasteiger partial charge >= 0.3 is 0 Å². The zero-order chi connectivity index (χ0) is 10.6. The monoisotopic (exact) mass is 198 g/mol. The maximum atomic E-state index is 3.66. The minimum absolute atomic E-state index is 0.661. The maximum Gasteiger partial charge on any atom is 0.0218 e. The van der Waals surface area contributed by atoms with Crippen LogP contribution < -0.4 is 5.32 Å². The van der Waals surface area contributed by atoms with Crippen LogP contribution in [-0.4, -0.2) is 37.1 Å². The number of nitrogens with one attached hydrogen (secondary N) is 1. The summed E-state index contributed by atoms with van der Waals surface area (Å²) in [6.07, 6.45) is 4.02. The lowest BCUT2D eigenvalue weighted by Crippen LogP contribution is -2.41. The third-order valence-corrected chi connectivity index (χ3v) is 3.84. The van der Waals surface area contributed by atoms with Crippen LogP contribution in [0.4, 0.5) is 0 Å². The van der Waals surface area contributed by atoms with E-state index in [9.17, 15) is 0 Å². The van der Waals surface area contributed by atoms with Crippen LogP contribution in [0.1, 0.15) is 40.0 Å². The second-order valence-electron chi connectivity index (χ2n) is 4.86. The number of hydrogen-bond acceptors (Lipinski definition) is 2. The van der Waals surface area contributed by atoms with Crippen LogP contribution in [0, 0.1) is 5.92 Å². The first-order valence-electron chi connectivity index (χ1n) is 6.08. The average molecular weight is 198 g/mol. The third kappa shape index (κ3) is 3.25. The van der Waals surface area contributed by atoms with Crippen molar-refractivity contribution in [1.82, 2.24) is 10.2 Å². The van der Waals surface area contributed by atoms with E-state index in [0.717, 1.165) is 12.0 Å². The summed E-state index contributed by atoms with van der Waals surface area (Å²) in [5, 5.41) is 3.66. The molecule has 0 aliphatic carbocycles. The molecule has 0 aromatic heterocycles. The van der Waals surface area contributed by atoms with Gasteiger partial charge in [-0.1, -0.05) is 20.3 Å². The summed E-state index contributed by atoms with van der Waals surface area (Å²) in [6, 6.07) is 1.44. The van der Waals surface area contributed by atoms with Gasteiger partial charge in [0.1, 0.15) is 0 Å². The van der Waals surface area contributed by atoms with E-state index in [1.165, 1.54) is 32.4 Å². The molecule has 84 valence electrons. The van der Waals surface area contributed by atoms with E-state index >= 15 is 0 Å². The molecule has 1 aliphatic heterocycles.